The fourth-order valence-electron chi connectivity index (χ4n) is 3.44. The zero-order valence-electron chi connectivity index (χ0n) is 20.2. The molecule has 0 heterocycles. The summed E-state index contributed by atoms with van der Waals surface area (Å²) in [6.07, 6.45) is 0. The van der Waals surface area contributed by atoms with Gasteiger partial charge >= 0.3 is 0 Å². The standard InChI is InChI=1S/C26H30N2O6S/c1-18-14-22(35(30,31)27-16-20-8-6-5-7-9-20)11-13-23(18)34-17-26(29)28-19(2)21-10-12-24(32-3)25(15-21)33-4/h5-15,19,27H,16-17H2,1-4H3,(H,28,29)/t19-/m0/s1. The van der Waals surface area contributed by atoms with Crippen molar-refractivity contribution in [2.24, 2.45) is 0 Å². The second-order valence-electron chi connectivity index (χ2n) is 7.93. The predicted molar refractivity (Wildman–Crippen MR) is 133 cm³/mol. The van der Waals surface area contributed by atoms with Crippen molar-refractivity contribution in [1.82, 2.24) is 10.0 Å². The van der Waals surface area contributed by atoms with Crippen molar-refractivity contribution in [3.8, 4) is 17.2 Å². The van der Waals surface area contributed by atoms with Gasteiger partial charge in [-0.1, -0.05) is 36.4 Å². The first-order valence-electron chi connectivity index (χ1n) is 11.0. The van der Waals surface area contributed by atoms with E-state index >= 15 is 0 Å². The van der Waals surface area contributed by atoms with Gasteiger partial charge in [-0.3, -0.25) is 4.79 Å². The van der Waals surface area contributed by atoms with Gasteiger partial charge in [-0.15, -0.1) is 0 Å². The molecule has 0 spiro atoms. The molecule has 0 fully saturated rings. The second kappa shape index (κ2) is 11.7. The number of hydrogen-bond acceptors (Lipinski definition) is 6. The third-order valence-corrected chi connectivity index (χ3v) is 6.81. The minimum atomic E-state index is -3.69. The van der Waals surface area contributed by atoms with Crippen LogP contribution in [-0.2, 0) is 21.4 Å². The summed E-state index contributed by atoms with van der Waals surface area (Å²) in [6.45, 7) is 3.57. The quantitative estimate of drug-likeness (QED) is 0.417. The van der Waals surface area contributed by atoms with Crippen LogP contribution in [0, 0.1) is 6.92 Å². The van der Waals surface area contributed by atoms with E-state index in [-0.39, 0.29) is 30.0 Å². The average Bonchev–Trinajstić information content (AvgIpc) is 2.86. The van der Waals surface area contributed by atoms with Crippen LogP contribution >= 0.6 is 0 Å². The Bertz CT molecular complexity index is 1260. The van der Waals surface area contributed by atoms with E-state index in [1.807, 2.05) is 43.3 Å². The first-order valence-corrected chi connectivity index (χ1v) is 12.5. The number of sulfonamides is 1. The molecule has 0 aliphatic heterocycles. The van der Waals surface area contributed by atoms with Gasteiger partial charge in [0.2, 0.25) is 10.0 Å². The number of carbonyl (C=O) groups is 1. The Labute approximate surface area is 206 Å². The monoisotopic (exact) mass is 498 g/mol. The first-order chi connectivity index (χ1) is 16.7. The highest BCUT2D eigenvalue weighted by Gasteiger charge is 2.17. The molecule has 0 aliphatic rings. The SMILES string of the molecule is COc1ccc([C@H](C)NC(=O)COc2ccc(S(=O)(=O)NCc3ccccc3)cc2C)cc1OC. The zero-order chi connectivity index (χ0) is 25.4. The summed E-state index contributed by atoms with van der Waals surface area (Å²) >= 11 is 0. The highest BCUT2D eigenvalue weighted by molar-refractivity contribution is 7.89. The maximum Gasteiger partial charge on any atom is 0.258 e. The lowest BCUT2D eigenvalue weighted by molar-refractivity contribution is -0.123. The average molecular weight is 499 g/mol. The second-order valence-corrected chi connectivity index (χ2v) is 9.70. The van der Waals surface area contributed by atoms with Crippen LogP contribution in [0.15, 0.2) is 71.6 Å². The lowest BCUT2D eigenvalue weighted by atomic mass is 10.1. The largest absolute Gasteiger partial charge is 0.493 e. The third kappa shape index (κ3) is 6.97. The van der Waals surface area contributed by atoms with E-state index in [9.17, 15) is 13.2 Å². The van der Waals surface area contributed by atoms with E-state index in [4.69, 9.17) is 14.2 Å². The van der Waals surface area contributed by atoms with E-state index in [0.29, 0.717) is 22.8 Å². The normalized spacial score (nSPS) is 12.0. The molecule has 186 valence electrons. The number of rotatable bonds is 11. The number of methoxy groups -OCH3 is 2. The van der Waals surface area contributed by atoms with Crippen molar-refractivity contribution >= 4 is 15.9 Å². The number of hydrogen-bond donors (Lipinski definition) is 2. The molecule has 1 atom stereocenters. The number of ether oxygens (including phenoxy) is 3. The fourth-order valence-corrected chi connectivity index (χ4v) is 4.54. The van der Waals surface area contributed by atoms with E-state index in [1.165, 1.54) is 12.1 Å². The van der Waals surface area contributed by atoms with Crippen LogP contribution in [0.25, 0.3) is 0 Å². The first kappa shape index (κ1) is 26.1. The summed E-state index contributed by atoms with van der Waals surface area (Å²) in [5.74, 6) is 1.30. The van der Waals surface area contributed by atoms with E-state index in [2.05, 4.69) is 10.0 Å². The highest BCUT2D eigenvalue weighted by Crippen LogP contribution is 2.30. The van der Waals surface area contributed by atoms with Crippen molar-refractivity contribution in [2.75, 3.05) is 20.8 Å². The third-order valence-electron chi connectivity index (χ3n) is 5.41. The van der Waals surface area contributed by atoms with Gasteiger partial charge in [0, 0.05) is 6.54 Å². The summed E-state index contributed by atoms with van der Waals surface area (Å²) in [5.41, 5.74) is 2.32. The van der Waals surface area contributed by atoms with Crippen LogP contribution in [0.3, 0.4) is 0 Å². The molecule has 9 heteroatoms. The Hall–Kier alpha value is -3.56. The topological polar surface area (TPSA) is 103 Å². The number of nitrogens with one attached hydrogen (secondary N) is 2. The molecule has 0 saturated carbocycles. The van der Waals surface area contributed by atoms with Gasteiger partial charge in [0.1, 0.15) is 5.75 Å². The highest BCUT2D eigenvalue weighted by atomic mass is 32.2. The molecule has 2 N–H and O–H groups in total. The van der Waals surface area contributed by atoms with Crippen LogP contribution in [0.5, 0.6) is 17.2 Å². The molecule has 0 radical (unpaired) electrons. The molecule has 0 aromatic heterocycles. The van der Waals surface area contributed by atoms with Crippen LogP contribution in [-0.4, -0.2) is 35.2 Å². The van der Waals surface area contributed by atoms with Gasteiger partial charge < -0.3 is 19.5 Å². The van der Waals surface area contributed by atoms with Crippen molar-refractivity contribution in [2.45, 2.75) is 31.3 Å². The van der Waals surface area contributed by atoms with Crippen molar-refractivity contribution < 1.29 is 27.4 Å². The molecule has 0 saturated heterocycles. The summed E-state index contributed by atoms with van der Waals surface area (Å²) < 4.78 is 44.1. The summed E-state index contributed by atoms with van der Waals surface area (Å²) in [5, 5.41) is 2.88. The minimum absolute atomic E-state index is 0.129. The van der Waals surface area contributed by atoms with Crippen LogP contribution in [0.4, 0.5) is 0 Å². The number of amides is 1. The molecule has 3 aromatic rings. The molecule has 8 nitrogen and oxygen atoms in total. The van der Waals surface area contributed by atoms with E-state index in [1.54, 1.807) is 39.3 Å². The summed E-state index contributed by atoms with van der Waals surface area (Å²) in [4.78, 5) is 12.6. The number of aryl methyl sites for hydroxylation is 1. The Morgan fingerprint density at radius 3 is 2.26 bits per heavy atom. The van der Waals surface area contributed by atoms with Gasteiger partial charge in [0.05, 0.1) is 25.2 Å². The summed E-state index contributed by atoms with van der Waals surface area (Å²) in [7, 11) is -0.577. The van der Waals surface area contributed by atoms with Gasteiger partial charge in [-0.05, 0) is 60.9 Å². The van der Waals surface area contributed by atoms with Crippen LogP contribution in [0.2, 0.25) is 0 Å². The predicted octanol–water partition coefficient (Wildman–Crippen LogP) is 3.75. The van der Waals surface area contributed by atoms with Gasteiger partial charge in [0.15, 0.2) is 18.1 Å². The molecule has 0 unspecified atom stereocenters. The molecular formula is C26H30N2O6S. The van der Waals surface area contributed by atoms with Crippen molar-refractivity contribution in [3.05, 3.63) is 83.4 Å². The number of carbonyl (C=O) groups excluding carboxylic acids is 1. The molecule has 3 aromatic carbocycles. The van der Waals surface area contributed by atoms with Crippen molar-refractivity contribution in [1.29, 1.82) is 0 Å². The Balaban J connectivity index is 1.57. The van der Waals surface area contributed by atoms with E-state index in [0.717, 1.165) is 11.1 Å². The molecule has 35 heavy (non-hydrogen) atoms. The van der Waals surface area contributed by atoms with Crippen molar-refractivity contribution in [3.63, 3.8) is 0 Å². The molecular weight excluding hydrogens is 468 g/mol. The molecule has 0 aliphatic carbocycles. The Morgan fingerprint density at radius 2 is 1.60 bits per heavy atom. The minimum Gasteiger partial charge on any atom is -0.493 e. The van der Waals surface area contributed by atoms with E-state index < -0.39 is 10.0 Å². The summed E-state index contributed by atoms with van der Waals surface area (Å²) in [6, 6.07) is 19.0. The maximum absolute atomic E-state index is 12.6. The zero-order valence-corrected chi connectivity index (χ0v) is 21.0. The van der Waals surface area contributed by atoms with Crippen LogP contribution < -0.4 is 24.2 Å². The molecule has 3 rings (SSSR count). The number of benzene rings is 3. The molecule has 0 bridgehead atoms. The van der Waals surface area contributed by atoms with Gasteiger partial charge in [0.25, 0.3) is 5.91 Å². The fraction of sp³-hybridized carbons (Fsp3) is 0.269. The van der Waals surface area contributed by atoms with Gasteiger partial charge in [-0.25, -0.2) is 13.1 Å². The maximum atomic E-state index is 12.6. The lowest BCUT2D eigenvalue weighted by Gasteiger charge is -2.17. The van der Waals surface area contributed by atoms with Crippen LogP contribution in [0.1, 0.15) is 29.7 Å². The Morgan fingerprint density at radius 1 is 0.914 bits per heavy atom. The van der Waals surface area contributed by atoms with Gasteiger partial charge in [-0.2, -0.15) is 0 Å². The Kier molecular flexibility index (Phi) is 8.73. The molecule has 1 amide bonds. The lowest BCUT2D eigenvalue weighted by Crippen LogP contribution is -2.31. The smallest absolute Gasteiger partial charge is 0.258 e.